The van der Waals surface area contributed by atoms with Crippen LogP contribution in [0, 0.1) is 0 Å². The Hall–Kier alpha value is -1.56. The molecule has 2 heterocycles. The van der Waals surface area contributed by atoms with Gasteiger partial charge in [0.1, 0.15) is 18.0 Å². The molecule has 1 fully saturated rings. The lowest BCUT2D eigenvalue weighted by Crippen LogP contribution is -2.61. The molecule has 1 saturated heterocycles. The van der Waals surface area contributed by atoms with E-state index in [2.05, 4.69) is 20.8 Å². The second-order valence-corrected chi connectivity index (χ2v) is 4.90. The van der Waals surface area contributed by atoms with E-state index in [1.807, 2.05) is 0 Å². The molecule has 10 heteroatoms. The Morgan fingerprint density at radius 3 is 2.95 bits per heavy atom. The molecule has 0 aliphatic carbocycles. The summed E-state index contributed by atoms with van der Waals surface area (Å²) in [6.45, 7) is 1.26. The smallest absolute Gasteiger partial charge is 0.351 e. The number of hydrogen-bond acceptors (Lipinski definition) is 9. The number of aliphatic hydroxyl groups excluding tert-OH is 2. The van der Waals surface area contributed by atoms with Gasteiger partial charge >= 0.3 is 5.69 Å². The van der Waals surface area contributed by atoms with Crippen LogP contribution in [0.15, 0.2) is 17.1 Å². The van der Waals surface area contributed by atoms with Crippen molar-refractivity contribution >= 4 is 5.82 Å². The third-order valence-electron chi connectivity index (χ3n) is 3.57. The average Bonchev–Trinajstić information content (AvgIpc) is 2.70. The van der Waals surface area contributed by atoms with Crippen LogP contribution in [0.1, 0.15) is 13.2 Å². The molecule has 1 aromatic rings. The van der Waals surface area contributed by atoms with Crippen molar-refractivity contribution in [2.75, 3.05) is 19.5 Å². The number of aromatic nitrogens is 2. The number of anilines is 1. The SMILES string of the molecule is CONNC1(C)C(O)[C@H](n2ccc(N)nc2=O)O[C@@H]1CO. The van der Waals surface area contributed by atoms with Gasteiger partial charge in [0.15, 0.2) is 6.23 Å². The number of nitrogens with zero attached hydrogens (tertiary/aromatic N) is 2. The van der Waals surface area contributed by atoms with Gasteiger partial charge in [-0.3, -0.25) is 9.40 Å². The highest BCUT2D eigenvalue weighted by molar-refractivity contribution is 5.23. The maximum atomic E-state index is 11.9. The van der Waals surface area contributed by atoms with Crippen LogP contribution < -0.4 is 22.4 Å². The van der Waals surface area contributed by atoms with E-state index in [1.165, 1.54) is 19.4 Å². The number of rotatable bonds is 5. The fraction of sp³-hybridized carbons (Fsp3) is 0.636. The van der Waals surface area contributed by atoms with E-state index in [0.29, 0.717) is 0 Å². The molecule has 0 bridgehead atoms. The van der Waals surface area contributed by atoms with E-state index in [1.54, 1.807) is 6.92 Å². The Morgan fingerprint density at radius 2 is 2.38 bits per heavy atom. The number of hydrogen-bond donors (Lipinski definition) is 5. The zero-order chi connectivity index (χ0) is 15.6. The van der Waals surface area contributed by atoms with Crippen molar-refractivity contribution in [2.24, 2.45) is 0 Å². The summed E-state index contributed by atoms with van der Waals surface area (Å²) < 4.78 is 6.68. The second-order valence-electron chi connectivity index (χ2n) is 4.90. The summed E-state index contributed by atoms with van der Waals surface area (Å²) in [6.07, 6.45) is -1.56. The molecular formula is C11H19N5O5. The van der Waals surface area contributed by atoms with Crippen molar-refractivity contribution in [2.45, 2.75) is 30.9 Å². The summed E-state index contributed by atoms with van der Waals surface area (Å²) in [7, 11) is 1.39. The minimum Gasteiger partial charge on any atom is -0.394 e. The summed E-state index contributed by atoms with van der Waals surface area (Å²) in [5.74, 6) is 0.0735. The van der Waals surface area contributed by atoms with Gasteiger partial charge in [0, 0.05) is 6.20 Å². The number of nitrogens with one attached hydrogen (secondary N) is 2. The first-order valence-electron chi connectivity index (χ1n) is 6.28. The lowest BCUT2D eigenvalue weighted by molar-refractivity contribution is -0.0560. The highest BCUT2D eigenvalue weighted by atomic mass is 16.7. The molecule has 0 radical (unpaired) electrons. The van der Waals surface area contributed by atoms with E-state index in [0.717, 1.165) is 4.57 Å². The molecule has 2 unspecified atom stereocenters. The quantitative estimate of drug-likeness (QED) is 0.372. The maximum absolute atomic E-state index is 11.9. The van der Waals surface area contributed by atoms with E-state index in [4.69, 9.17) is 10.5 Å². The van der Waals surface area contributed by atoms with E-state index in [-0.39, 0.29) is 12.4 Å². The molecule has 1 aliphatic rings. The van der Waals surface area contributed by atoms with Crippen molar-refractivity contribution in [1.29, 1.82) is 0 Å². The summed E-state index contributed by atoms with van der Waals surface area (Å²) in [4.78, 5) is 20.1. The number of nitrogens with two attached hydrogens (primary N) is 1. The van der Waals surface area contributed by atoms with Crippen molar-refractivity contribution in [1.82, 2.24) is 20.6 Å². The van der Waals surface area contributed by atoms with Gasteiger partial charge < -0.3 is 20.7 Å². The van der Waals surface area contributed by atoms with Gasteiger partial charge in [-0.2, -0.15) is 4.98 Å². The van der Waals surface area contributed by atoms with Crippen molar-refractivity contribution in [3.05, 3.63) is 22.7 Å². The largest absolute Gasteiger partial charge is 0.394 e. The Kier molecular flexibility index (Phi) is 4.56. The highest BCUT2D eigenvalue weighted by Crippen LogP contribution is 2.35. The summed E-state index contributed by atoms with van der Waals surface area (Å²) >= 11 is 0. The first-order chi connectivity index (χ1) is 9.93. The van der Waals surface area contributed by atoms with E-state index < -0.39 is 29.7 Å². The molecule has 4 atom stereocenters. The second kappa shape index (κ2) is 6.05. The summed E-state index contributed by atoms with van der Waals surface area (Å²) in [5, 5.41) is 19.9. The molecule has 1 aliphatic heterocycles. The monoisotopic (exact) mass is 301 g/mol. The van der Waals surface area contributed by atoms with Crippen LogP contribution in [0.4, 0.5) is 5.82 Å². The number of hydrazine groups is 1. The third kappa shape index (κ3) is 2.77. The van der Waals surface area contributed by atoms with Crippen molar-refractivity contribution in [3.63, 3.8) is 0 Å². The minimum absolute atomic E-state index is 0.0735. The van der Waals surface area contributed by atoms with Gasteiger partial charge in [0.05, 0.1) is 19.3 Å². The van der Waals surface area contributed by atoms with Gasteiger partial charge in [0.2, 0.25) is 0 Å². The molecule has 118 valence electrons. The maximum Gasteiger partial charge on any atom is 0.351 e. The molecule has 0 spiro atoms. The Labute approximate surface area is 120 Å². The lowest BCUT2D eigenvalue weighted by Gasteiger charge is -2.32. The Balaban J connectivity index is 2.32. The topological polar surface area (TPSA) is 144 Å². The number of nitrogen functional groups attached to an aromatic ring is 1. The molecule has 2 rings (SSSR count). The van der Waals surface area contributed by atoms with Crippen LogP contribution in [0.5, 0.6) is 0 Å². The standard InChI is InChI=1S/C11H19N5O5/c1-11(14-15-20-2)6(5-17)21-9(8(11)18)16-4-3-7(12)13-10(16)19/h3-4,6,8-9,14-15,17-18H,5H2,1-2H3,(H2,12,13,19)/t6-,8?,9-,11?/m1/s1. The lowest BCUT2D eigenvalue weighted by atomic mass is 9.91. The summed E-state index contributed by atoms with van der Waals surface area (Å²) in [6, 6.07) is 1.42. The molecule has 6 N–H and O–H groups in total. The fourth-order valence-corrected chi connectivity index (χ4v) is 2.26. The van der Waals surface area contributed by atoms with Crippen molar-refractivity contribution in [3.8, 4) is 0 Å². The zero-order valence-electron chi connectivity index (χ0n) is 11.7. The van der Waals surface area contributed by atoms with Crippen LogP contribution in [0.2, 0.25) is 0 Å². The van der Waals surface area contributed by atoms with Crippen LogP contribution in [-0.4, -0.2) is 51.2 Å². The molecule has 0 aromatic carbocycles. The Morgan fingerprint density at radius 1 is 1.67 bits per heavy atom. The fourth-order valence-electron chi connectivity index (χ4n) is 2.26. The first-order valence-corrected chi connectivity index (χ1v) is 6.28. The van der Waals surface area contributed by atoms with E-state index in [9.17, 15) is 15.0 Å². The van der Waals surface area contributed by atoms with Crippen molar-refractivity contribution < 1.29 is 19.8 Å². The molecule has 21 heavy (non-hydrogen) atoms. The van der Waals surface area contributed by atoms with Gasteiger partial charge in [0.25, 0.3) is 0 Å². The predicted octanol–water partition coefficient (Wildman–Crippen LogP) is -2.51. The summed E-state index contributed by atoms with van der Waals surface area (Å²) in [5.41, 5.74) is 8.80. The van der Waals surface area contributed by atoms with Gasteiger partial charge in [-0.05, 0) is 13.0 Å². The molecule has 0 amide bonds. The molecule has 1 aromatic heterocycles. The number of ether oxygens (including phenoxy) is 1. The van der Waals surface area contributed by atoms with Crippen LogP contribution >= 0.6 is 0 Å². The Bertz CT molecular complexity index is 552. The molecular weight excluding hydrogens is 282 g/mol. The zero-order valence-corrected chi connectivity index (χ0v) is 11.7. The van der Waals surface area contributed by atoms with Crippen LogP contribution in [0.3, 0.4) is 0 Å². The minimum atomic E-state index is -1.15. The number of aliphatic hydroxyl groups is 2. The molecule has 0 saturated carbocycles. The average molecular weight is 301 g/mol. The van der Waals surface area contributed by atoms with Gasteiger partial charge in [-0.25, -0.2) is 10.2 Å². The molecule has 10 nitrogen and oxygen atoms in total. The third-order valence-corrected chi connectivity index (χ3v) is 3.57. The van der Waals surface area contributed by atoms with Gasteiger partial charge in [-0.1, -0.05) is 0 Å². The van der Waals surface area contributed by atoms with Crippen LogP contribution in [-0.2, 0) is 9.57 Å². The highest BCUT2D eigenvalue weighted by Gasteiger charge is 2.54. The van der Waals surface area contributed by atoms with E-state index >= 15 is 0 Å². The van der Waals surface area contributed by atoms with Crippen LogP contribution in [0.25, 0.3) is 0 Å². The normalized spacial score (nSPS) is 32.5. The van der Waals surface area contributed by atoms with Gasteiger partial charge in [-0.15, -0.1) is 5.59 Å². The first kappa shape index (κ1) is 15.8. The predicted molar refractivity (Wildman–Crippen MR) is 71.6 cm³/mol.